The zero-order valence-electron chi connectivity index (χ0n) is 32.3. The predicted molar refractivity (Wildman–Crippen MR) is 246 cm³/mol. The number of nitriles is 1. The van der Waals surface area contributed by atoms with E-state index in [4.69, 9.17) is 16.0 Å². The van der Waals surface area contributed by atoms with Crippen molar-refractivity contribution in [2.24, 2.45) is 0 Å². The molecule has 0 saturated carbocycles. The van der Waals surface area contributed by atoms with Gasteiger partial charge in [0.15, 0.2) is 0 Å². The van der Waals surface area contributed by atoms with Crippen molar-refractivity contribution in [2.45, 2.75) is 0 Å². The zero-order chi connectivity index (χ0) is 40.3. The molecule has 61 heavy (non-hydrogen) atoms. The summed E-state index contributed by atoms with van der Waals surface area (Å²) >= 11 is 0. The van der Waals surface area contributed by atoms with Crippen molar-refractivity contribution in [3.05, 3.63) is 187 Å². The van der Waals surface area contributed by atoms with Gasteiger partial charge in [0.2, 0.25) is 5.69 Å². The predicted octanol–water partition coefficient (Wildman–Crippen LogP) is 14.1. The summed E-state index contributed by atoms with van der Waals surface area (Å²) in [6.07, 6.45) is 3.50. The van der Waals surface area contributed by atoms with E-state index in [1.807, 2.05) is 79.0 Å². The highest BCUT2D eigenvalue weighted by Crippen LogP contribution is 2.53. The van der Waals surface area contributed by atoms with Gasteiger partial charge in [-0.05, 0) is 52.9 Å². The Hall–Kier alpha value is -8.78. The van der Waals surface area contributed by atoms with E-state index >= 15 is 0 Å². The van der Waals surface area contributed by atoms with E-state index < -0.39 is 0 Å². The second-order valence-electron chi connectivity index (χ2n) is 15.5. The summed E-state index contributed by atoms with van der Waals surface area (Å²) < 4.78 is 11.0. The number of benzene rings is 9. The molecule has 0 atom stereocenters. The summed E-state index contributed by atoms with van der Waals surface area (Å²) in [5.41, 5.74) is 11.4. The second kappa shape index (κ2) is 12.4. The molecule has 0 spiro atoms. The molecule has 280 valence electrons. The molecular formula is C54H28N6O. The lowest BCUT2D eigenvalue weighted by Crippen LogP contribution is -2.08. The second-order valence-corrected chi connectivity index (χ2v) is 15.5. The van der Waals surface area contributed by atoms with Crippen LogP contribution in [0.4, 0.5) is 5.69 Å². The van der Waals surface area contributed by atoms with E-state index in [0.29, 0.717) is 28.2 Å². The molecule has 0 aliphatic heterocycles. The van der Waals surface area contributed by atoms with Gasteiger partial charge in [0.05, 0.1) is 51.1 Å². The van der Waals surface area contributed by atoms with Crippen molar-refractivity contribution in [1.82, 2.24) is 19.1 Å². The molecule has 0 unspecified atom stereocenters. The minimum atomic E-state index is 0.389. The molecule has 0 N–H and O–H groups in total. The van der Waals surface area contributed by atoms with Crippen LogP contribution in [-0.4, -0.2) is 19.1 Å². The van der Waals surface area contributed by atoms with Gasteiger partial charge in [-0.3, -0.25) is 0 Å². The van der Waals surface area contributed by atoms with Gasteiger partial charge in [-0.25, -0.2) is 14.8 Å². The van der Waals surface area contributed by atoms with Crippen LogP contribution in [0.2, 0.25) is 0 Å². The van der Waals surface area contributed by atoms with E-state index in [2.05, 4.69) is 110 Å². The molecule has 9 aromatic carbocycles. The smallest absolute Gasteiger partial charge is 0.220 e. The average Bonchev–Trinajstić information content (AvgIpc) is 3.97. The molecule has 7 nitrogen and oxygen atoms in total. The van der Waals surface area contributed by atoms with Gasteiger partial charge in [-0.15, -0.1) is 0 Å². The summed E-state index contributed by atoms with van der Waals surface area (Å²) in [6.45, 7) is 9.15. The first-order valence-corrected chi connectivity index (χ1v) is 20.1. The Morgan fingerprint density at radius 2 is 1.15 bits per heavy atom. The van der Waals surface area contributed by atoms with Gasteiger partial charge in [-0.1, -0.05) is 121 Å². The van der Waals surface area contributed by atoms with Crippen molar-refractivity contribution >= 4 is 92.9 Å². The molecule has 13 aromatic rings. The van der Waals surface area contributed by atoms with E-state index in [0.717, 1.165) is 104 Å². The number of furan rings is 1. The fraction of sp³-hybridized carbons (Fsp3) is 0. The molecule has 0 fully saturated rings. The SMILES string of the molecule is [C-]#[N+]c1c(-c2ccccc2)c(C#N)c(-n2c3ccccc3c3cc4oc5ccccc5c4cc32)c(-c2ccccc2)c1-n1c2cccc3c4cncnc4c4cccc1c4c32. The Bertz CT molecular complexity index is 3980. The van der Waals surface area contributed by atoms with Crippen LogP contribution in [0.1, 0.15) is 5.56 Å². The van der Waals surface area contributed by atoms with E-state index in [9.17, 15) is 5.26 Å². The average molecular weight is 777 g/mol. The van der Waals surface area contributed by atoms with Crippen molar-refractivity contribution in [3.8, 4) is 39.7 Å². The first-order valence-electron chi connectivity index (χ1n) is 20.1. The number of para-hydroxylation sites is 2. The highest BCUT2D eigenvalue weighted by atomic mass is 16.3. The summed E-state index contributed by atoms with van der Waals surface area (Å²) in [5, 5.41) is 20.9. The quantitative estimate of drug-likeness (QED) is 0.132. The van der Waals surface area contributed by atoms with Crippen molar-refractivity contribution < 1.29 is 4.42 Å². The number of hydrogen-bond donors (Lipinski definition) is 0. The molecule has 4 heterocycles. The molecule has 0 bridgehead atoms. The maximum atomic E-state index is 11.7. The van der Waals surface area contributed by atoms with Crippen LogP contribution >= 0.6 is 0 Å². The van der Waals surface area contributed by atoms with Gasteiger partial charge in [0.25, 0.3) is 0 Å². The Kier molecular flexibility index (Phi) is 6.73. The minimum absolute atomic E-state index is 0.389. The van der Waals surface area contributed by atoms with Gasteiger partial charge in [-0.2, -0.15) is 5.26 Å². The number of nitrogens with zero attached hydrogens (tertiary/aromatic N) is 6. The fourth-order valence-corrected chi connectivity index (χ4v) is 10.1. The van der Waals surface area contributed by atoms with Crippen LogP contribution in [0.3, 0.4) is 0 Å². The lowest BCUT2D eigenvalue weighted by atomic mass is 9.88. The Balaban J connectivity index is 1.32. The molecule has 13 rings (SSSR count). The monoisotopic (exact) mass is 776 g/mol. The third kappa shape index (κ3) is 4.38. The fourth-order valence-electron chi connectivity index (χ4n) is 10.1. The van der Waals surface area contributed by atoms with Crippen LogP contribution in [0.25, 0.3) is 126 Å². The number of fused-ring (bicyclic) bond motifs is 9. The van der Waals surface area contributed by atoms with Crippen molar-refractivity contribution in [2.75, 3.05) is 0 Å². The third-order valence-corrected chi connectivity index (χ3v) is 12.5. The normalized spacial score (nSPS) is 11.9. The standard InChI is InChI=1S/C54H28N6O/c1-56-52-47(31-14-4-2-5-15-31)39(28-55)53(59-41-22-10-8-18-33(41)37-27-46-38(26-44(37)59)34-19-9-11-25-45(34)61-46)48(32-16-6-3-7-17-32)54(52)60-42-23-12-20-35-40-29-57-30-58-51(40)36-21-13-24-43(60)50(36)49(35)42/h2-27,29-30H. The van der Waals surface area contributed by atoms with Crippen LogP contribution in [-0.2, 0) is 0 Å². The topological polar surface area (TPSA) is 76.9 Å². The molecule has 0 saturated heterocycles. The van der Waals surface area contributed by atoms with E-state index in [1.165, 1.54) is 0 Å². The number of rotatable bonds is 4. The molecule has 0 aliphatic carbocycles. The summed E-state index contributed by atoms with van der Waals surface area (Å²) in [7, 11) is 0. The van der Waals surface area contributed by atoms with E-state index in [1.54, 1.807) is 6.33 Å². The maximum absolute atomic E-state index is 11.7. The number of aromatic nitrogens is 4. The molecular weight excluding hydrogens is 749 g/mol. The Morgan fingerprint density at radius 1 is 0.525 bits per heavy atom. The van der Waals surface area contributed by atoms with Crippen molar-refractivity contribution in [1.29, 1.82) is 5.26 Å². The Labute approximate surface area is 347 Å². The first-order chi connectivity index (χ1) is 30.2. The van der Waals surface area contributed by atoms with Crippen LogP contribution in [0.5, 0.6) is 0 Å². The lowest BCUT2D eigenvalue weighted by Gasteiger charge is -2.25. The summed E-state index contributed by atoms with van der Waals surface area (Å²) in [5.74, 6) is 0. The highest BCUT2D eigenvalue weighted by Gasteiger charge is 2.32. The maximum Gasteiger partial charge on any atom is 0.220 e. The van der Waals surface area contributed by atoms with Crippen LogP contribution < -0.4 is 0 Å². The highest BCUT2D eigenvalue weighted by molar-refractivity contribution is 6.34. The third-order valence-electron chi connectivity index (χ3n) is 12.5. The molecule has 0 amide bonds. The largest absolute Gasteiger partial charge is 0.456 e. The molecule has 0 radical (unpaired) electrons. The lowest BCUT2D eigenvalue weighted by molar-refractivity contribution is 0.669. The van der Waals surface area contributed by atoms with Crippen molar-refractivity contribution in [3.63, 3.8) is 0 Å². The zero-order valence-corrected chi connectivity index (χ0v) is 32.3. The van der Waals surface area contributed by atoms with Crippen LogP contribution in [0.15, 0.2) is 175 Å². The molecule has 4 aromatic heterocycles. The number of hydrogen-bond acceptors (Lipinski definition) is 4. The van der Waals surface area contributed by atoms with E-state index in [-0.39, 0.29) is 0 Å². The van der Waals surface area contributed by atoms with Gasteiger partial charge in [0.1, 0.15) is 23.6 Å². The van der Waals surface area contributed by atoms with Gasteiger partial charge < -0.3 is 13.6 Å². The summed E-state index contributed by atoms with van der Waals surface area (Å²) in [4.78, 5) is 13.7. The Morgan fingerprint density at radius 3 is 1.90 bits per heavy atom. The molecule has 7 heteroatoms. The van der Waals surface area contributed by atoms with Crippen LogP contribution in [0, 0.1) is 17.9 Å². The summed E-state index contributed by atoms with van der Waals surface area (Å²) in [6, 6.07) is 56.3. The first kappa shape index (κ1) is 33.2. The van der Waals surface area contributed by atoms with Gasteiger partial charge >= 0.3 is 0 Å². The van der Waals surface area contributed by atoms with Gasteiger partial charge in [0, 0.05) is 60.4 Å². The molecule has 0 aliphatic rings. The minimum Gasteiger partial charge on any atom is -0.456 e.